The lowest BCUT2D eigenvalue weighted by atomic mass is 10.2. The minimum atomic E-state index is -0.771. The molecule has 0 aromatic carbocycles. The van der Waals surface area contributed by atoms with E-state index in [0.29, 0.717) is 0 Å². The molecule has 8 heteroatoms. The van der Waals surface area contributed by atoms with Gasteiger partial charge in [0, 0.05) is 0 Å². The maximum atomic E-state index is 11.4. The van der Waals surface area contributed by atoms with Gasteiger partial charge in [0.1, 0.15) is 16.3 Å². The number of amides is 1. The molecule has 0 spiro atoms. The van der Waals surface area contributed by atoms with Gasteiger partial charge >= 0.3 is 12.1 Å². The maximum absolute atomic E-state index is 11.4. The number of nitrogens with one attached hydrogen (secondary N) is 2. The van der Waals surface area contributed by atoms with Crippen LogP contribution in [0.3, 0.4) is 0 Å². The molecule has 18 heavy (non-hydrogen) atoms. The van der Waals surface area contributed by atoms with Crippen LogP contribution in [0.25, 0.3) is 0 Å². The number of alkyl carbamates (subject to hydrolysis) is 1. The van der Waals surface area contributed by atoms with Crippen LogP contribution in [0.5, 0.6) is 0 Å². The molecule has 1 amide bonds. The van der Waals surface area contributed by atoms with Crippen LogP contribution in [0, 0.1) is 5.41 Å². The van der Waals surface area contributed by atoms with Crippen molar-refractivity contribution in [2.24, 2.45) is 0 Å². The normalized spacial score (nSPS) is 12.3. The van der Waals surface area contributed by atoms with Crippen molar-refractivity contribution in [2.75, 3.05) is 7.11 Å². The van der Waals surface area contributed by atoms with Crippen LogP contribution in [0.15, 0.2) is 8.48 Å². The SMILES string of the molecule is COC(=O)/C(S)=C(\I)C(=N)NC(=O)OC(C)(C)C. The van der Waals surface area contributed by atoms with Crippen molar-refractivity contribution in [2.45, 2.75) is 26.4 Å². The Hall–Kier alpha value is -0.770. The first-order chi connectivity index (χ1) is 8.08. The summed E-state index contributed by atoms with van der Waals surface area (Å²) in [5, 5.41) is 9.79. The van der Waals surface area contributed by atoms with E-state index in [1.54, 1.807) is 43.4 Å². The molecular weight excluding hydrogens is 371 g/mol. The van der Waals surface area contributed by atoms with Crippen molar-refractivity contribution in [3.8, 4) is 0 Å². The van der Waals surface area contributed by atoms with Crippen LogP contribution in [0.2, 0.25) is 0 Å². The van der Waals surface area contributed by atoms with Gasteiger partial charge in [-0.1, -0.05) is 0 Å². The topological polar surface area (TPSA) is 88.5 Å². The van der Waals surface area contributed by atoms with Gasteiger partial charge in [-0.2, -0.15) is 0 Å². The predicted octanol–water partition coefficient (Wildman–Crippen LogP) is 2.24. The number of thiol groups is 1. The van der Waals surface area contributed by atoms with E-state index < -0.39 is 17.7 Å². The molecule has 0 fully saturated rings. The van der Waals surface area contributed by atoms with Gasteiger partial charge in [-0.25, -0.2) is 9.59 Å². The molecule has 0 aliphatic carbocycles. The van der Waals surface area contributed by atoms with Crippen LogP contribution in [0.4, 0.5) is 4.79 Å². The third kappa shape index (κ3) is 6.24. The third-order valence-electron chi connectivity index (χ3n) is 1.43. The van der Waals surface area contributed by atoms with Gasteiger partial charge in [0.15, 0.2) is 0 Å². The molecule has 0 saturated heterocycles. The molecule has 6 nitrogen and oxygen atoms in total. The quantitative estimate of drug-likeness (QED) is 0.170. The highest BCUT2D eigenvalue weighted by Gasteiger charge is 2.20. The minimum Gasteiger partial charge on any atom is -0.465 e. The summed E-state index contributed by atoms with van der Waals surface area (Å²) in [6.07, 6.45) is -0.771. The molecule has 0 aliphatic rings. The number of halogens is 1. The molecule has 0 aliphatic heterocycles. The summed E-state index contributed by atoms with van der Waals surface area (Å²) in [5.41, 5.74) is -0.661. The van der Waals surface area contributed by atoms with Gasteiger partial charge in [-0.3, -0.25) is 10.7 Å². The van der Waals surface area contributed by atoms with Crippen molar-refractivity contribution in [3.05, 3.63) is 8.48 Å². The smallest absolute Gasteiger partial charge is 0.413 e. The molecule has 0 unspecified atom stereocenters. The zero-order valence-electron chi connectivity index (χ0n) is 10.5. The number of carbonyl (C=O) groups excluding carboxylic acids is 2. The number of esters is 1. The Balaban J connectivity index is 4.69. The Bertz CT molecular complexity index is 401. The molecule has 102 valence electrons. The number of methoxy groups -OCH3 is 1. The molecule has 0 saturated carbocycles. The van der Waals surface area contributed by atoms with Crippen molar-refractivity contribution in [3.63, 3.8) is 0 Å². The number of ether oxygens (including phenoxy) is 2. The Kier molecular flexibility index (Phi) is 6.68. The van der Waals surface area contributed by atoms with E-state index in [2.05, 4.69) is 22.7 Å². The van der Waals surface area contributed by atoms with Gasteiger partial charge in [0.2, 0.25) is 0 Å². The first kappa shape index (κ1) is 17.2. The van der Waals surface area contributed by atoms with Crippen LogP contribution in [-0.4, -0.2) is 30.6 Å². The van der Waals surface area contributed by atoms with Gasteiger partial charge in [-0.05, 0) is 43.4 Å². The van der Waals surface area contributed by atoms with Gasteiger partial charge in [-0.15, -0.1) is 12.6 Å². The summed E-state index contributed by atoms with van der Waals surface area (Å²) in [6, 6.07) is 0. The Morgan fingerprint density at radius 2 is 1.83 bits per heavy atom. The zero-order chi connectivity index (χ0) is 14.5. The van der Waals surface area contributed by atoms with Crippen molar-refractivity contribution in [1.29, 1.82) is 5.41 Å². The Labute approximate surface area is 125 Å². The maximum Gasteiger partial charge on any atom is 0.413 e. The van der Waals surface area contributed by atoms with Crippen LogP contribution < -0.4 is 5.32 Å². The fourth-order valence-electron chi connectivity index (χ4n) is 0.765. The molecule has 0 heterocycles. The monoisotopic (exact) mass is 386 g/mol. The Morgan fingerprint density at radius 1 is 1.33 bits per heavy atom. The average molecular weight is 386 g/mol. The predicted molar refractivity (Wildman–Crippen MR) is 79.1 cm³/mol. The van der Waals surface area contributed by atoms with E-state index in [-0.39, 0.29) is 14.3 Å². The largest absolute Gasteiger partial charge is 0.465 e. The van der Waals surface area contributed by atoms with Crippen molar-refractivity contribution < 1.29 is 19.1 Å². The van der Waals surface area contributed by atoms with E-state index in [1.165, 1.54) is 7.11 Å². The summed E-state index contributed by atoms with van der Waals surface area (Å²) in [6.45, 7) is 5.11. The minimum absolute atomic E-state index is 0.0563. The van der Waals surface area contributed by atoms with E-state index in [1.807, 2.05) is 0 Å². The fourth-order valence-corrected chi connectivity index (χ4v) is 1.32. The first-order valence-electron chi connectivity index (χ1n) is 4.84. The van der Waals surface area contributed by atoms with E-state index >= 15 is 0 Å². The lowest BCUT2D eigenvalue weighted by molar-refractivity contribution is -0.135. The Morgan fingerprint density at radius 3 is 2.22 bits per heavy atom. The molecule has 0 radical (unpaired) electrons. The number of amidine groups is 1. The lowest BCUT2D eigenvalue weighted by Crippen LogP contribution is -2.36. The standard InChI is InChI=1S/C10H15IN2O4S/c1-10(2,3)17-9(15)13-7(12)5(11)6(18)8(14)16-4/h18H,1-4H3,(H2,12,13,15)/b6-5+. The molecule has 0 bridgehead atoms. The number of hydrogen-bond donors (Lipinski definition) is 3. The lowest BCUT2D eigenvalue weighted by Gasteiger charge is -2.19. The molecule has 0 aromatic rings. The second-order valence-electron chi connectivity index (χ2n) is 4.16. The zero-order valence-corrected chi connectivity index (χ0v) is 13.5. The number of rotatable bonds is 2. The van der Waals surface area contributed by atoms with Crippen LogP contribution in [-0.2, 0) is 14.3 Å². The highest BCUT2D eigenvalue weighted by atomic mass is 127. The second-order valence-corrected chi connectivity index (χ2v) is 5.68. The highest BCUT2D eigenvalue weighted by molar-refractivity contribution is 14.1. The molecule has 0 aromatic heterocycles. The average Bonchev–Trinajstić information content (AvgIpc) is 2.22. The molecular formula is C10H15IN2O4S. The summed E-state index contributed by atoms with van der Waals surface area (Å²) in [7, 11) is 1.20. The summed E-state index contributed by atoms with van der Waals surface area (Å²) >= 11 is 5.62. The van der Waals surface area contributed by atoms with Crippen molar-refractivity contribution >= 4 is 53.1 Å². The van der Waals surface area contributed by atoms with E-state index in [0.717, 1.165) is 0 Å². The fraction of sp³-hybridized carbons (Fsp3) is 0.500. The van der Waals surface area contributed by atoms with Crippen molar-refractivity contribution in [1.82, 2.24) is 5.32 Å². The van der Waals surface area contributed by atoms with Crippen LogP contribution >= 0.6 is 35.2 Å². The van der Waals surface area contributed by atoms with Crippen LogP contribution in [0.1, 0.15) is 20.8 Å². The van der Waals surface area contributed by atoms with E-state index in [9.17, 15) is 9.59 Å². The number of carbonyl (C=O) groups is 2. The summed E-state index contributed by atoms with van der Waals surface area (Å²) in [4.78, 5) is 22.5. The van der Waals surface area contributed by atoms with Gasteiger partial charge in [0.25, 0.3) is 0 Å². The highest BCUT2D eigenvalue weighted by Crippen LogP contribution is 2.18. The summed E-state index contributed by atoms with van der Waals surface area (Å²) < 4.78 is 9.58. The molecule has 0 atom stereocenters. The van der Waals surface area contributed by atoms with Gasteiger partial charge < -0.3 is 9.47 Å². The van der Waals surface area contributed by atoms with E-state index in [4.69, 9.17) is 10.1 Å². The second kappa shape index (κ2) is 6.98. The molecule has 0 rings (SSSR count). The molecule has 2 N–H and O–H groups in total. The third-order valence-corrected chi connectivity index (χ3v) is 3.34. The van der Waals surface area contributed by atoms with Gasteiger partial charge in [0.05, 0.1) is 10.7 Å². The summed E-state index contributed by atoms with van der Waals surface area (Å²) in [5.74, 6) is -0.960. The first-order valence-corrected chi connectivity index (χ1v) is 6.37. The number of hydrogen-bond acceptors (Lipinski definition) is 6.